The smallest absolute Gasteiger partial charge is 0.144 e. The first-order chi connectivity index (χ1) is 9.09. The third-order valence-corrected chi connectivity index (χ3v) is 5.16. The topological polar surface area (TPSA) is 84.0 Å². The lowest BCUT2D eigenvalue weighted by Crippen LogP contribution is -2.60. The maximum absolute atomic E-state index is 6.61. The van der Waals surface area contributed by atoms with Gasteiger partial charge in [-0.05, 0) is 37.5 Å². The predicted octanol–water partition coefficient (Wildman–Crippen LogP) is 1.79. The summed E-state index contributed by atoms with van der Waals surface area (Å²) in [7, 11) is 0. The van der Waals surface area contributed by atoms with E-state index in [1.807, 2.05) is 23.2 Å². The summed E-state index contributed by atoms with van der Waals surface area (Å²) in [5.74, 6) is 7.40. The lowest BCUT2D eigenvalue weighted by molar-refractivity contribution is 0.0338. The van der Waals surface area contributed by atoms with E-state index in [-0.39, 0.29) is 0 Å². The van der Waals surface area contributed by atoms with Crippen molar-refractivity contribution in [2.45, 2.75) is 31.0 Å². The van der Waals surface area contributed by atoms with Crippen LogP contribution in [-0.2, 0) is 5.66 Å². The van der Waals surface area contributed by atoms with Gasteiger partial charge < -0.3 is 10.7 Å². The number of nitrogens with two attached hydrogens (primary N) is 2. The summed E-state index contributed by atoms with van der Waals surface area (Å²) in [6, 6.07) is 6.38. The van der Waals surface area contributed by atoms with Gasteiger partial charge in [0.25, 0.3) is 0 Å². The van der Waals surface area contributed by atoms with Crippen LogP contribution in [0.1, 0.15) is 25.1 Å². The number of aromatic amines is 1. The fourth-order valence-corrected chi connectivity index (χ4v) is 3.97. The van der Waals surface area contributed by atoms with Crippen LogP contribution in [0.15, 0.2) is 22.7 Å². The van der Waals surface area contributed by atoms with Crippen molar-refractivity contribution in [1.82, 2.24) is 15.0 Å². The Hall–Kier alpha value is -0.950. The Morgan fingerprint density at radius 2 is 2.26 bits per heavy atom. The summed E-state index contributed by atoms with van der Waals surface area (Å²) in [6.45, 7) is 0. The Balaban J connectivity index is 1.85. The second kappa shape index (κ2) is 3.79. The van der Waals surface area contributed by atoms with Crippen LogP contribution in [0.5, 0.6) is 0 Å². The molecule has 1 aromatic heterocycles. The molecule has 100 valence electrons. The van der Waals surface area contributed by atoms with Crippen LogP contribution < -0.4 is 11.6 Å². The highest BCUT2D eigenvalue weighted by Gasteiger charge is 2.56. The van der Waals surface area contributed by atoms with E-state index in [1.165, 1.54) is 0 Å². The van der Waals surface area contributed by atoms with E-state index in [0.29, 0.717) is 12.0 Å². The highest BCUT2D eigenvalue weighted by atomic mass is 79.9. The molecule has 1 saturated carbocycles. The first-order valence-corrected chi connectivity index (χ1v) is 7.37. The van der Waals surface area contributed by atoms with Crippen molar-refractivity contribution in [3.63, 3.8) is 0 Å². The zero-order chi connectivity index (χ0) is 13.2. The van der Waals surface area contributed by atoms with Crippen LogP contribution in [0.2, 0.25) is 0 Å². The molecule has 3 atom stereocenters. The van der Waals surface area contributed by atoms with E-state index in [4.69, 9.17) is 11.6 Å². The zero-order valence-electron chi connectivity index (χ0n) is 10.4. The molecule has 2 aromatic rings. The van der Waals surface area contributed by atoms with Crippen LogP contribution in [0.4, 0.5) is 0 Å². The van der Waals surface area contributed by atoms with Crippen molar-refractivity contribution in [1.29, 1.82) is 0 Å². The Morgan fingerprint density at radius 1 is 1.42 bits per heavy atom. The van der Waals surface area contributed by atoms with E-state index in [2.05, 4.69) is 25.9 Å². The summed E-state index contributed by atoms with van der Waals surface area (Å²) < 4.78 is 1.03. The number of aromatic nitrogens is 2. The van der Waals surface area contributed by atoms with Crippen molar-refractivity contribution < 1.29 is 0 Å². The van der Waals surface area contributed by atoms with Gasteiger partial charge in [-0.15, -0.1) is 0 Å². The van der Waals surface area contributed by atoms with Crippen LogP contribution in [0.3, 0.4) is 0 Å². The van der Waals surface area contributed by atoms with Crippen molar-refractivity contribution in [2.75, 3.05) is 0 Å². The molecule has 1 aliphatic carbocycles. The molecule has 6 heteroatoms. The third-order valence-electron chi connectivity index (χ3n) is 4.67. The minimum Gasteiger partial charge on any atom is -0.339 e. The summed E-state index contributed by atoms with van der Waals surface area (Å²) >= 11 is 3.47. The van der Waals surface area contributed by atoms with Crippen LogP contribution in [0, 0.1) is 5.92 Å². The second-order valence-corrected chi connectivity index (χ2v) is 6.56. The number of hydrogen-bond acceptors (Lipinski definition) is 4. The minimum absolute atomic E-state index is 0.395. The van der Waals surface area contributed by atoms with Crippen molar-refractivity contribution >= 4 is 27.0 Å². The van der Waals surface area contributed by atoms with Crippen LogP contribution in [0.25, 0.3) is 11.0 Å². The molecule has 2 fully saturated rings. The molecule has 2 heterocycles. The second-order valence-electron chi connectivity index (χ2n) is 5.64. The first-order valence-electron chi connectivity index (χ1n) is 6.57. The number of benzene rings is 1. The molecule has 2 aliphatic rings. The fraction of sp³-hybridized carbons (Fsp3) is 0.462. The van der Waals surface area contributed by atoms with Crippen LogP contribution >= 0.6 is 15.9 Å². The number of hydrogen-bond donors (Lipinski definition) is 3. The Labute approximate surface area is 119 Å². The molecular formula is C13H16BrN5. The fourth-order valence-electron chi connectivity index (χ4n) is 3.61. The van der Waals surface area contributed by atoms with Crippen LogP contribution in [-0.4, -0.2) is 21.0 Å². The van der Waals surface area contributed by atoms with E-state index in [1.54, 1.807) is 0 Å². The van der Waals surface area contributed by atoms with Gasteiger partial charge in [-0.25, -0.2) is 9.99 Å². The molecule has 2 bridgehead atoms. The normalized spacial score (nSPS) is 34.5. The minimum atomic E-state index is -0.644. The average Bonchev–Trinajstić information content (AvgIpc) is 3.06. The largest absolute Gasteiger partial charge is 0.339 e. The number of nitrogens with zero attached hydrogens (tertiary/aromatic N) is 2. The zero-order valence-corrected chi connectivity index (χ0v) is 12.0. The number of piperidine rings is 1. The standard InChI is InChI=1S/C13H16BrN5/c14-8-2-4-10-11(6-8)18-12(17-10)13(15)7-1-3-9(5-7)19(13)16/h2,4,6-7,9H,1,3,5,15-16H2,(H,17,18). The van der Waals surface area contributed by atoms with Gasteiger partial charge in [0.1, 0.15) is 11.5 Å². The lowest BCUT2D eigenvalue weighted by Gasteiger charge is -2.39. The predicted molar refractivity (Wildman–Crippen MR) is 76.8 cm³/mol. The van der Waals surface area contributed by atoms with Gasteiger partial charge in [0, 0.05) is 16.4 Å². The maximum Gasteiger partial charge on any atom is 0.144 e. The molecule has 0 radical (unpaired) electrons. The highest BCUT2D eigenvalue weighted by Crippen LogP contribution is 2.49. The quantitative estimate of drug-likeness (QED) is 0.699. The number of imidazole rings is 1. The highest BCUT2D eigenvalue weighted by molar-refractivity contribution is 9.10. The summed E-state index contributed by atoms with van der Waals surface area (Å²) in [6.07, 6.45) is 3.36. The molecule has 19 heavy (non-hydrogen) atoms. The molecular weight excluding hydrogens is 306 g/mol. The van der Waals surface area contributed by atoms with E-state index >= 15 is 0 Å². The molecule has 0 amide bonds. The Kier molecular flexibility index (Phi) is 2.36. The lowest BCUT2D eigenvalue weighted by atomic mass is 9.92. The summed E-state index contributed by atoms with van der Waals surface area (Å²) in [5.41, 5.74) is 7.88. The monoisotopic (exact) mass is 321 g/mol. The van der Waals surface area contributed by atoms with Gasteiger partial charge >= 0.3 is 0 Å². The third kappa shape index (κ3) is 1.48. The van der Waals surface area contributed by atoms with Gasteiger partial charge in [-0.3, -0.25) is 5.84 Å². The van der Waals surface area contributed by atoms with Gasteiger partial charge in [0.15, 0.2) is 0 Å². The number of halogens is 1. The molecule has 5 N–H and O–H groups in total. The van der Waals surface area contributed by atoms with Gasteiger partial charge in [-0.1, -0.05) is 15.9 Å². The van der Waals surface area contributed by atoms with Crippen molar-refractivity contribution in [2.24, 2.45) is 17.5 Å². The van der Waals surface area contributed by atoms with Gasteiger partial charge in [-0.2, -0.15) is 0 Å². The number of nitrogens with one attached hydrogen (secondary N) is 1. The molecule has 1 aliphatic heterocycles. The molecule has 1 aromatic carbocycles. The molecule has 0 spiro atoms. The molecule has 3 unspecified atom stereocenters. The number of H-pyrrole nitrogens is 1. The van der Waals surface area contributed by atoms with E-state index < -0.39 is 5.66 Å². The van der Waals surface area contributed by atoms with E-state index in [0.717, 1.165) is 40.6 Å². The first kappa shape index (κ1) is 11.8. The molecule has 4 rings (SSSR count). The van der Waals surface area contributed by atoms with Gasteiger partial charge in [0.2, 0.25) is 0 Å². The summed E-state index contributed by atoms with van der Waals surface area (Å²) in [5, 5.41) is 1.81. The number of rotatable bonds is 1. The number of hydrazine groups is 1. The Bertz CT molecular complexity index is 650. The van der Waals surface area contributed by atoms with Crippen molar-refractivity contribution in [3.05, 3.63) is 28.5 Å². The molecule has 1 saturated heterocycles. The molecule has 5 nitrogen and oxygen atoms in total. The van der Waals surface area contributed by atoms with E-state index in [9.17, 15) is 0 Å². The Morgan fingerprint density at radius 3 is 3.00 bits per heavy atom. The van der Waals surface area contributed by atoms with Gasteiger partial charge in [0.05, 0.1) is 11.0 Å². The SMILES string of the molecule is NN1C2CCC(C2)C1(N)c1nc2ccc(Br)cc2[nH]1. The number of fused-ring (bicyclic) bond motifs is 3. The summed E-state index contributed by atoms with van der Waals surface area (Å²) in [4.78, 5) is 8.00. The van der Waals surface area contributed by atoms with Crippen molar-refractivity contribution in [3.8, 4) is 0 Å². The maximum atomic E-state index is 6.61. The average molecular weight is 322 g/mol.